The summed E-state index contributed by atoms with van der Waals surface area (Å²) in [5.74, 6) is -0.795. The van der Waals surface area contributed by atoms with E-state index in [9.17, 15) is 9.59 Å². The number of carbonyl (C=O) groups is 2. The molecule has 0 heterocycles. The number of benzene rings is 2. The summed E-state index contributed by atoms with van der Waals surface area (Å²) >= 11 is 0. The van der Waals surface area contributed by atoms with Crippen molar-refractivity contribution in [2.24, 2.45) is 0 Å². The normalized spacial score (nSPS) is 10.5. The fourth-order valence-electron chi connectivity index (χ4n) is 2.08. The summed E-state index contributed by atoms with van der Waals surface area (Å²) in [5, 5.41) is 11.5. The Morgan fingerprint density at radius 2 is 1.96 bits per heavy atom. The molecule has 0 aliphatic rings. The molecule has 0 unspecified atom stereocenters. The largest absolute Gasteiger partial charge is 0.495 e. The van der Waals surface area contributed by atoms with Crippen molar-refractivity contribution in [3.63, 3.8) is 0 Å². The fraction of sp³-hybridized carbons (Fsp3) is 0.111. The van der Waals surface area contributed by atoms with Gasteiger partial charge in [-0.2, -0.15) is 0 Å². The van der Waals surface area contributed by atoms with Crippen molar-refractivity contribution in [3.8, 4) is 5.75 Å². The Kier molecular flexibility index (Phi) is 5.15. The molecule has 2 aromatic carbocycles. The zero-order chi connectivity index (χ0) is 16.8. The van der Waals surface area contributed by atoms with Gasteiger partial charge in [0, 0.05) is 11.6 Å². The summed E-state index contributed by atoms with van der Waals surface area (Å²) in [6.07, 6.45) is 2.48. The van der Waals surface area contributed by atoms with Crippen molar-refractivity contribution in [2.75, 3.05) is 12.4 Å². The van der Waals surface area contributed by atoms with Crippen molar-refractivity contribution in [1.29, 1.82) is 0 Å². The topological polar surface area (TPSA) is 75.6 Å². The molecule has 0 spiro atoms. The van der Waals surface area contributed by atoms with Crippen LogP contribution in [0, 0.1) is 6.92 Å². The number of nitrogens with one attached hydrogen (secondary N) is 1. The lowest BCUT2D eigenvalue weighted by molar-refractivity contribution is -0.131. The van der Waals surface area contributed by atoms with Gasteiger partial charge >= 0.3 is 5.97 Å². The Hall–Kier alpha value is -3.08. The van der Waals surface area contributed by atoms with Crippen LogP contribution >= 0.6 is 0 Å². The molecule has 0 saturated carbocycles. The molecule has 0 bridgehead atoms. The number of carboxylic acids is 1. The van der Waals surface area contributed by atoms with Crippen molar-refractivity contribution in [3.05, 3.63) is 65.2 Å². The van der Waals surface area contributed by atoms with Gasteiger partial charge in [0.05, 0.1) is 12.8 Å². The standard InChI is InChI=1S/C18H17NO4/c1-12-4-3-5-14(10-12)18(22)19-15-11-13(7-9-17(20)21)6-8-16(15)23-2/h3-11H,1-2H3,(H,19,22)(H,20,21)/b9-7+. The van der Waals surface area contributed by atoms with E-state index in [0.29, 0.717) is 22.6 Å². The number of rotatable bonds is 5. The average molecular weight is 311 g/mol. The maximum atomic E-state index is 12.3. The molecule has 0 atom stereocenters. The van der Waals surface area contributed by atoms with Crippen LogP contribution in [0.25, 0.3) is 6.08 Å². The molecule has 0 fully saturated rings. The summed E-state index contributed by atoms with van der Waals surface area (Å²) in [7, 11) is 1.50. The van der Waals surface area contributed by atoms with E-state index in [0.717, 1.165) is 11.6 Å². The number of hydrogen-bond acceptors (Lipinski definition) is 3. The minimum Gasteiger partial charge on any atom is -0.495 e. The number of anilines is 1. The summed E-state index contributed by atoms with van der Waals surface area (Å²) in [6, 6.07) is 12.3. The second kappa shape index (κ2) is 7.26. The van der Waals surface area contributed by atoms with Crippen LogP contribution < -0.4 is 10.1 Å². The van der Waals surface area contributed by atoms with Crippen LogP contribution in [0.4, 0.5) is 5.69 Å². The highest BCUT2D eigenvalue weighted by Crippen LogP contribution is 2.26. The molecule has 2 N–H and O–H groups in total. The molecule has 23 heavy (non-hydrogen) atoms. The lowest BCUT2D eigenvalue weighted by Gasteiger charge is -2.11. The molecule has 2 aromatic rings. The molecule has 0 aliphatic carbocycles. The van der Waals surface area contributed by atoms with Gasteiger partial charge in [0.15, 0.2) is 0 Å². The van der Waals surface area contributed by atoms with Gasteiger partial charge in [-0.3, -0.25) is 4.79 Å². The number of aliphatic carboxylic acids is 1. The summed E-state index contributed by atoms with van der Waals surface area (Å²) in [4.78, 5) is 22.9. The Morgan fingerprint density at radius 1 is 1.17 bits per heavy atom. The fourth-order valence-corrected chi connectivity index (χ4v) is 2.08. The summed E-state index contributed by atoms with van der Waals surface area (Å²) < 4.78 is 5.23. The minimum atomic E-state index is -1.04. The molecule has 5 heteroatoms. The molecular weight excluding hydrogens is 294 g/mol. The first-order valence-electron chi connectivity index (χ1n) is 6.96. The maximum absolute atomic E-state index is 12.3. The van der Waals surface area contributed by atoms with Crippen LogP contribution in [0.1, 0.15) is 21.5 Å². The van der Waals surface area contributed by atoms with Crippen LogP contribution in [0.2, 0.25) is 0 Å². The maximum Gasteiger partial charge on any atom is 0.328 e. The molecule has 0 aliphatic heterocycles. The van der Waals surface area contributed by atoms with Crippen LogP contribution in [0.5, 0.6) is 5.75 Å². The zero-order valence-electron chi connectivity index (χ0n) is 12.9. The first-order chi connectivity index (χ1) is 11.0. The number of aryl methyl sites for hydroxylation is 1. The first kappa shape index (κ1) is 16.3. The monoisotopic (exact) mass is 311 g/mol. The lowest BCUT2D eigenvalue weighted by atomic mass is 10.1. The van der Waals surface area contributed by atoms with Crippen molar-refractivity contribution >= 4 is 23.6 Å². The van der Waals surface area contributed by atoms with E-state index >= 15 is 0 Å². The predicted octanol–water partition coefficient (Wildman–Crippen LogP) is 3.35. The smallest absolute Gasteiger partial charge is 0.328 e. The number of hydrogen-bond donors (Lipinski definition) is 2. The van der Waals surface area contributed by atoms with Gasteiger partial charge in [-0.15, -0.1) is 0 Å². The SMILES string of the molecule is COc1ccc(/C=C/C(=O)O)cc1NC(=O)c1cccc(C)c1. The molecule has 5 nitrogen and oxygen atoms in total. The third kappa shape index (κ3) is 4.44. The van der Waals surface area contributed by atoms with Gasteiger partial charge in [0.25, 0.3) is 5.91 Å². The Morgan fingerprint density at radius 3 is 2.61 bits per heavy atom. The molecular formula is C18H17NO4. The van der Waals surface area contributed by atoms with E-state index in [4.69, 9.17) is 9.84 Å². The quantitative estimate of drug-likeness (QED) is 0.830. The first-order valence-corrected chi connectivity index (χ1v) is 6.96. The predicted molar refractivity (Wildman–Crippen MR) is 88.8 cm³/mol. The Bertz CT molecular complexity index is 765. The van der Waals surface area contributed by atoms with Crippen LogP contribution in [-0.4, -0.2) is 24.1 Å². The highest BCUT2D eigenvalue weighted by atomic mass is 16.5. The van der Waals surface area contributed by atoms with Gasteiger partial charge in [-0.05, 0) is 42.8 Å². The number of amides is 1. The van der Waals surface area contributed by atoms with E-state index in [1.165, 1.54) is 13.2 Å². The van der Waals surface area contributed by atoms with Gasteiger partial charge in [0.2, 0.25) is 0 Å². The Labute approximate surface area is 134 Å². The summed E-state index contributed by atoms with van der Waals surface area (Å²) in [5.41, 5.74) is 2.65. The highest BCUT2D eigenvalue weighted by molar-refractivity contribution is 6.05. The van der Waals surface area contributed by atoms with E-state index < -0.39 is 5.97 Å². The molecule has 0 aromatic heterocycles. The highest BCUT2D eigenvalue weighted by Gasteiger charge is 2.10. The number of ether oxygens (including phenoxy) is 1. The van der Waals surface area contributed by atoms with Gasteiger partial charge in [0.1, 0.15) is 5.75 Å². The van der Waals surface area contributed by atoms with E-state index in [1.54, 1.807) is 30.3 Å². The average Bonchev–Trinajstić information content (AvgIpc) is 2.53. The molecule has 0 saturated heterocycles. The second-order valence-corrected chi connectivity index (χ2v) is 4.95. The van der Waals surface area contributed by atoms with Crippen molar-refractivity contribution in [1.82, 2.24) is 0 Å². The number of methoxy groups -OCH3 is 1. The zero-order valence-corrected chi connectivity index (χ0v) is 12.9. The van der Waals surface area contributed by atoms with Gasteiger partial charge < -0.3 is 15.2 Å². The van der Waals surface area contributed by atoms with Gasteiger partial charge in [-0.1, -0.05) is 23.8 Å². The second-order valence-electron chi connectivity index (χ2n) is 4.95. The Balaban J connectivity index is 2.28. The molecule has 2 rings (SSSR count). The number of carbonyl (C=O) groups excluding carboxylic acids is 1. The molecule has 0 radical (unpaired) electrons. The van der Waals surface area contributed by atoms with Gasteiger partial charge in [-0.25, -0.2) is 4.79 Å². The molecule has 118 valence electrons. The van der Waals surface area contributed by atoms with E-state index in [2.05, 4.69) is 5.32 Å². The van der Waals surface area contributed by atoms with E-state index in [-0.39, 0.29) is 5.91 Å². The van der Waals surface area contributed by atoms with Crippen LogP contribution in [0.3, 0.4) is 0 Å². The van der Waals surface area contributed by atoms with E-state index in [1.807, 2.05) is 19.1 Å². The van der Waals surface area contributed by atoms with Crippen LogP contribution in [-0.2, 0) is 4.79 Å². The van der Waals surface area contributed by atoms with Crippen LogP contribution in [0.15, 0.2) is 48.5 Å². The summed E-state index contributed by atoms with van der Waals surface area (Å²) in [6.45, 7) is 1.91. The number of carboxylic acid groups (broad SMARTS) is 1. The third-order valence-corrected chi connectivity index (χ3v) is 3.17. The van der Waals surface area contributed by atoms with Crippen molar-refractivity contribution < 1.29 is 19.4 Å². The molecule has 1 amide bonds. The minimum absolute atomic E-state index is 0.258. The van der Waals surface area contributed by atoms with Crippen molar-refractivity contribution in [2.45, 2.75) is 6.92 Å². The lowest BCUT2D eigenvalue weighted by Crippen LogP contribution is -2.12. The third-order valence-electron chi connectivity index (χ3n) is 3.17.